The van der Waals surface area contributed by atoms with Gasteiger partial charge in [0.2, 0.25) is 5.69 Å². The van der Waals surface area contributed by atoms with Crippen LogP contribution < -0.4 is 4.90 Å². The number of aliphatic carboxylic acids is 1. The first-order valence-corrected chi connectivity index (χ1v) is 26.8. The fourth-order valence-electron chi connectivity index (χ4n) is 8.45. The lowest BCUT2D eigenvalue weighted by atomic mass is 9.76. The molecule has 2 aliphatic rings. The monoisotopic (exact) mass is 1000 g/mol. The van der Waals surface area contributed by atoms with Gasteiger partial charge < -0.3 is 38.4 Å². The lowest BCUT2D eigenvalue weighted by Gasteiger charge is -2.30. The predicted octanol–water partition coefficient (Wildman–Crippen LogP) is 5.21. The number of fused-ring (bicyclic) bond motifs is 2. The van der Waals surface area contributed by atoms with Gasteiger partial charge in [-0.1, -0.05) is 6.08 Å². The number of nitrogens with zero attached hydrogens (tertiary/aromatic N) is 2. The minimum absolute atomic E-state index is 0.0106. The highest BCUT2D eigenvalue weighted by Gasteiger charge is 2.48. The van der Waals surface area contributed by atoms with Crippen LogP contribution >= 0.6 is 0 Å². The van der Waals surface area contributed by atoms with Crippen molar-refractivity contribution in [3.8, 4) is 0 Å². The van der Waals surface area contributed by atoms with Crippen LogP contribution in [0.3, 0.4) is 0 Å². The molecule has 0 aliphatic carbocycles. The van der Waals surface area contributed by atoms with Gasteiger partial charge in [-0.3, -0.25) is 18.5 Å². The highest BCUT2D eigenvalue weighted by Crippen LogP contribution is 2.51. The Balaban J connectivity index is 1.60. The van der Waals surface area contributed by atoms with E-state index in [0.717, 1.165) is 5.71 Å². The molecule has 2 aromatic rings. The van der Waals surface area contributed by atoms with Crippen molar-refractivity contribution in [2.45, 2.75) is 86.3 Å². The average Bonchev–Trinajstić information content (AvgIpc) is 3.63. The minimum Gasteiger partial charge on any atom is -0.481 e. The summed E-state index contributed by atoms with van der Waals surface area (Å²) in [5, 5.41) is 9.24. The van der Waals surface area contributed by atoms with Gasteiger partial charge in [0.25, 0.3) is 30.4 Å². The van der Waals surface area contributed by atoms with Gasteiger partial charge in [0, 0.05) is 67.6 Å². The second kappa shape index (κ2) is 25.8. The van der Waals surface area contributed by atoms with Crippen molar-refractivity contribution < 1.29 is 81.8 Å². The number of rotatable bonds is 33. The molecule has 19 nitrogen and oxygen atoms in total. The molecule has 0 saturated heterocycles. The van der Waals surface area contributed by atoms with Gasteiger partial charge in [-0.2, -0.15) is 29.8 Å². The first-order valence-electron chi connectivity index (χ1n) is 22.3. The Hall–Kier alpha value is -3.65. The molecule has 0 radical (unpaired) electrons. The number of hydrogen-bond donors (Lipinski definition) is 4. The molecule has 67 heavy (non-hydrogen) atoms. The Labute approximate surface area is 395 Å². The minimum atomic E-state index is -4.60. The lowest BCUT2D eigenvalue weighted by Crippen LogP contribution is -2.33. The van der Waals surface area contributed by atoms with Crippen molar-refractivity contribution in [2.75, 3.05) is 104 Å². The number of anilines is 1. The molecule has 0 saturated carbocycles. The number of carbonyl (C=O) groups is 1. The quantitative estimate of drug-likeness (QED) is 0.0406. The van der Waals surface area contributed by atoms with Crippen LogP contribution in [0.4, 0.5) is 11.4 Å². The number of unbranched alkanes of at least 4 members (excludes halogenated alkanes) is 2. The molecule has 376 valence electrons. The summed E-state index contributed by atoms with van der Waals surface area (Å²) in [5.41, 5.74) is 2.08. The number of carboxylic acids is 1. The van der Waals surface area contributed by atoms with Gasteiger partial charge in [-0.15, -0.1) is 0 Å². The summed E-state index contributed by atoms with van der Waals surface area (Å²) in [5.74, 6) is -1.43. The second-order valence-corrected chi connectivity index (χ2v) is 21.0. The van der Waals surface area contributed by atoms with E-state index >= 15 is 0 Å². The van der Waals surface area contributed by atoms with E-state index in [4.69, 9.17) is 28.4 Å². The van der Waals surface area contributed by atoms with Crippen LogP contribution in [-0.4, -0.2) is 159 Å². The fraction of sp³-hybridized carbons (Fsp3) is 0.600. The first-order chi connectivity index (χ1) is 31.7. The van der Waals surface area contributed by atoms with Crippen LogP contribution in [0, 0.1) is 0 Å². The Kier molecular flexibility index (Phi) is 21.6. The lowest BCUT2D eigenvalue weighted by molar-refractivity contribution is -0.438. The predicted molar refractivity (Wildman–Crippen MR) is 250 cm³/mol. The molecular weight excluding hydrogens is 937 g/mol. The summed E-state index contributed by atoms with van der Waals surface area (Å²) in [7, 11) is -11.9. The number of methoxy groups -OCH3 is 1. The molecule has 22 heteroatoms. The van der Waals surface area contributed by atoms with Gasteiger partial charge in [-0.25, -0.2) is 0 Å². The Bertz CT molecular complexity index is 2400. The Morgan fingerprint density at radius 3 is 1.75 bits per heavy atom. The molecule has 2 aromatic carbocycles. The average molecular weight is 1000 g/mol. The first kappa shape index (κ1) is 55.9. The van der Waals surface area contributed by atoms with Gasteiger partial charge in [-0.05, 0) is 94.8 Å². The topological polar surface area (TPSA) is 262 Å². The van der Waals surface area contributed by atoms with Crippen molar-refractivity contribution in [3.05, 3.63) is 71.5 Å². The highest BCUT2D eigenvalue weighted by atomic mass is 32.2. The second-order valence-electron chi connectivity index (χ2n) is 16.6. The molecule has 0 spiro atoms. The van der Waals surface area contributed by atoms with E-state index in [1.807, 2.05) is 43.9 Å². The number of benzene rings is 2. The van der Waals surface area contributed by atoms with Gasteiger partial charge in [0.15, 0.2) is 5.71 Å². The molecule has 4 rings (SSSR count). The molecule has 2 heterocycles. The van der Waals surface area contributed by atoms with Crippen LogP contribution in [0.1, 0.15) is 76.8 Å². The molecule has 2 unspecified atom stereocenters. The van der Waals surface area contributed by atoms with E-state index in [2.05, 4.69) is 4.58 Å². The largest absolute Gasteiger partial charge is 0.481 e. The number of ether oxygens (including phenoxy) is 6. The molecule has 2 atom stereocenters. The Morgan fingerprint density at radius 2 is 1.22 bits per heavy atom. The zero-order chi connectivity index (χ0) is 49.3. The molecule has 0 fully saturated rings. The number of likely N-dealkylation sites (N-methyl/N-ethyl adjacent to an activating group) is 1. The normalized spacial score (nSPS) is 19.3. The molecule has 4 N–H and O–H groups in total. The van der Waals surface area contributed by atoms with Gasteiger partial charge in [0.05, 0.1) is 87.0 Å². The van der Waals surface area contributed by atoms with Gasteiger partial charge >= 0.3 is 5.97 Å². The van der Waals surface area contributed by atoms with Crippen molar-refractivity contribution >= 4 is 53.4 Å². The summed E-state index contributed by atoms with van der Waals surface area (Å²) in [6.07, 6.45) is 7.79. The summed E-state index contributed by atoms with van der Waals surface area (Å²) in [4.78, 5) is 12.6. The van der Waals surface area contributed by atoms with E-state index < -0.39 is 52.9 Å². The highest BCUT2D eigenvalue weighted by molar-refractivity contribution is 7.86. The van der Waals surface area contributed by atoms with E-state index in [-0.39, 0.29) is 48.9 Å². The number of hydrogen-bond acceptors (Lipinski definition) is 14. The maximum atomic E-state index is 12.5. The summed E-state index contributed by atoms with van der Waals surface area (Å²) in [6, 6.07) is 8.70. The molecule has 2 aliphatic heterocycles. The van der Waals surface area contributed by atoms with Crippen molar-refractivity contribution in [2.24, 2.45) is 0 Å². The van der Waals surface area contributed by atoms with E-state index in [1.165, 1.54) is 24.3 Å². The summed E-state index contributed by atoms with van der Waals surface area (Å²) < 4.78 is 138. The summed E-state index contributed by atoms with van der Waals surface area (Å²) in [6.45, 7) is 10.8. The molecule has 0 bridgehead atoms. The summed E-state index contributed by atoms with van der Waals surface area (Å²) >= 11 is 0. The van der Waals surface area contributed by atoms with Crippen LogP contribution in [0.5, 0.6) is 0 Å². The third-order valence-corrected chi connectivity index (χ3v) is 14.4. The molecular formula is C45H67N2O17S3+. The Morgan fingerprint density at radius 1 is 0.687 bits per heavy atom. The number of allylic oxidation sites excluding steroid dienone is 4. The van der Waals surface area contributed by atoms with Crippen LogP contribution in [0.25, 0.3) is 0 Å². The zero-order valence-electron chi connectivity index (χ0n) is 38.8. The maximum absolute atomic E-state index is 12.5. The maximum Gasteiger partial charge on any atom is 0.303 e. The van der Waals surface area contributed by atoms with E-state index in [0.29, 0.717) is 120 Å². The van der Waals surface area contributed by atoms with Gasteiger partial charge in [0.1, 0.15) is 6.54 Å². The van der Waals surface area contributed by atoms with E-state index in [9.17, 15) is 48.8 Å². The van der Waals surface area contributed by atoms with Crippen LogP contribution in [0.15, 0.2) is 70.1 Å². The number of carboxylic acid groups (broad SMARTS) is 1. The third-order valence-electron chi connectivity index (χ3n) is 11.9. The van der Waals surface area contributed by atoms with Crippen molar-refractivity contribution in [1.29, 1.82) is 0 Å². The van der Waals surface area contributed by atoms with Crippen molar-refractivity contribution in [1.82, 2.24) is 0 Å². The van der Waals surface area contributed by atoms with E-state index in [1.54, 1.807) is 19.2 Å². The van der Waals surface area contributed by atoms with Crippen LogP contribution in [-0.2, 0) is 74.4 Å². The van der Waals surface area contributed by atoms with Crippen LogP contribution in [0.2, 0.25) is 0 Å². The van der Waals surface area contributed by atoms with Crippen molar-refractivity contribution in [3.63, 3.8) is 0 Å². The smallest absolute Gasteiger partial charge is 0.303 e. The molecule has 0 aromatic heterocycles. The fourth-order valence-corrected chi connectivity index (χ4v) is 9.98. The standard InChI is InChI=1S/C45H66N2O17S3/c1-5-46-39-16-14-35(66(53,54)55)33-37(39)44(2,18-10-32-65(50,51)52)41(46)11-9-12-42-45(3,19-21-60-24-25-62-28-29-64-31-30-63-27-26-61-23-22-59-4)38-34-36(67(56,57)58)15-17-40(38)47(42)20-8-6-7-13-43(48)49/h9,11-12,14-17,33-34H,5-8,10,13,18-32H2,1-4H3,(H3-,48,49,50,51,52,53,54,55,56,57,58)/p+1. The zero-order valence-corrected chi connectivity index (χ0v) is 41.2. The molecule has 0 amide bonds. The SMILES string of the molecule is CCN1/C(=C/C=C/C2=[N+](CCCCCC(=O)O)c3ccc(S(=O)(=O)O)cc3C2(C)CCOCCOCCOCCOCCOCCOC)C(C)(CCCS(=O)(=O)O)c2cc(S(=O)(=O)O)ccc21. The third kappa shape index (κ3) is 16.2.